The van der Waals surface area contributed by atoms with Crippen molar-refractivity contribution in [1.29, 1.82) is 0 Å². The van der Waals surface area contributed by atoms with Crippen molar-refractivity contribution in [3.63, 3.8) is 0 Å². The van der Waals surface area contributed by atoms with Crippen molar-refractivity contribution in [3.05, 3.63) is 41.7 Å². The molecule has 0 radical (unpaired) electrons. The summed E-state index contributed by atoms with van der Waals surface area (Å²) in [5.41, 5.74) is 3.72. The summed E-state index contributed by atoms with van der Waals surface area (Å²) in [4.78, 5) is 12.1. The largest absolute Gasteiger partial charge is 0.468 e. The van der Waals surface area contributed by atoms with Crippen LogP contribution in [0.4, 0.5) is 0 Å². The van der Waals surface area contributed by atoms with E-state index in [2.05, 4.69) is 10.2 Å². The second kappa shape index (κ2) is 4.23. The molecule has 4 heteroatoms. The Hall–Kier alpha value is -2.10. The molecular weight excluding hydrogens is 240 g/mol. The molecule has 0 atom stereocenters. The van der Waals surface area contributed by atoms with Gasteiger partial charge in [-0.2, -0.15) is 5.10 Å². The molecule has 1 N–H and O–H groups in total. The van der Waals surface area contributed by atoms with E-state index >= 15 is 0 Å². The fraction of sp³-hybridized carbons (Fsp3) is 0.333. The number of benzene rings is 1. The molecule has 2 aromatic rings. The van der Waals surface area contributed by atoms with Gasteiger partial charge in [-0.3, -0.25) is 9.89 Å². The number of methoxy groups -OCH3 is 1. The van der Waals surface area contributed by atoms with Crippen molar-refractivity contribution >= 4 is 5.97 Å². The Bertz CT molecular complexity index is 627. The standard InChI is InChI=1S/C15H16N2O2/c1-10-12(9-16-17-10)11-5-3-4-6-13(11)15(7-8-15)14(18)19-2/h3-6,9H,7-8H2,1-2H3,(H,16,17). The van der Waals surface area contributed by atoms with Crippen LogP contribution in [0.25, 0.3) is 11.1 Å². The van der Waals surface area contributed by atoms with Crippen molar-refractivity contribution in [1.82, 2.24) is 10.2 Å². The smallest absolute Gasteiger partial charge is 0.316 e. The van der Waals surface area contributed by atoms with Gasteiger partial charge in [0.15, 0.2) is 0 Å². The number of hydrogen-bond donors (Lipinski definition) is 1. The van der Waals surface area contributed by atoms with Crippen LogP contribution < -0.4 is 0 Å². The minimum absolute atomic E-state index is 0.138. The number of carbonyl (C=O) groups excluding carboxylic acids is 1. The molecule has 1 aliphatic rings. The van der Waals surface area contributed by atoms with Crippen LogP contribution in [0.15, 0.2) is 30.5 Å². The minimum Gasteiger partial charge on any atom is -0.468 e. The fourth-order valence-corrected chi connectivity index (χ4v) is 2.66. The first-order chi connectivity index (χ1) is 9.19. The first kappa shape index (κ1) is 12.0. The van der Waals surface area contributed by atoms with Crippen LogP contribution in [0.1, 0.15) is 24.1 Å². The van der Waals surface area contributed by atoms with Crippen LogP contribution >= 0.6 is 0 Å². The molecule has 0 unspecified atom stereocenters. The molecule has 1 aliphatic carbocycles. The van der Waals surface area contributed by atoms with Crippen molar-refractivity contribution in [2.75, 3.05) is 7.11 Å². The van der Waals surface area contributed by atoms with Gasteiger partial charge in [0.25, 0.3) is 0 Å². The molecule has 0 spiro atoms. The summed E-state index contributed by atoms with van der Waals surface area (Å²) < 4.78 is 4.97. The predicted molar refractivity (Wildman–Crippen MR) is 71.7 cm³/mol. The van der Waals surface area contributed by atoms with Crippen LogP contribution in [0, 0.1) is 6.92 Å². The average Bonchev–Trinajstić information content (AvgIpc) is 3.15. The summed E-state index contributed by atoms with van der Waals surface area (Å²) in [7, 11) is 1.45. The third-order valence-electron chi connectivity index (χ3n) is 3.89. The van der Waals surface area contributed by atoms with Gasteiger partial charge in [-0.1, -0.05) is 24.3 Å². The normalized spacial score (nSPS) is 16.1. The van der Waals surface area contributed by atoms with Crippen LogP contribution in [-0.2, 0) is 14.9 Å². The van der Waals surface area contributed by atoms with Crippen LogP contribution in [-0.4, -0.2) is 23.3 Å². The molecule has 4 nitrogen and oxygen atoms in total. The second-order valence-electron chi connectivity index (χ2n) is 5.03. The van der Waals surface area contributed by atoms with E-state index in [1.54, 1.807) is 0 Å². The molecular formula is C15H16N2O2. The van der Waals surface area contributed by atoms with Crippen LogP contribution in [0.3, 0.4) is 0 Å². The lowest BCUT2D eigenvalue weighted by atomic mass is 9.88. The van der Waals surface area contributed by atoms with E-state index in [0.717, 1.165) is 35.2 Å². The number of ether oxygens (including phenoxy) is 1. The molecule has 0 aliphatic heterocycles. The van der Waals surface area contributed by atoms with E-state index in [4.69, 9.17) is 4.74 Å². The highest BCUT2D eigenvalue weighted by Crippen LogP contribution is 2.52. The zero-order chi connectivity index (χ0) is 13.5. The van der Waals surface area contributed by atoms with Crippen LogP contribution in [0.5, 0.6) is 0 Å². The third-order valence-corrected chi connectivity index (χ3v) is 3.89. The molecule has 98 valence electrons. The van der Waals surface area contributed by atoms with E-state index < -0.39 is 5.41 Å². The lowest BCUT2D eigenvalue weighted by Gasteiger charge is -2.17. The van der Waals surface area contributed by atoms with E-state index in [-0.39, 0.29) is 5.97 Å². The van der Waals surface area contributed by atoms with E-state index in [1.807, 2.05) is 37.4 Å². The third kappa shape index (κ3) is 1.75. The Morgan fingerprint density at radius 2 is 2.05 bits per heavy atom. The van der Waals surface area contributed by atoms with E-state index in [0.29, 0.717) is 0 Å². The Labute approximate surface area is 111 Å². The monoisotopic (exact) mass is 256 g/mol. The average molecular weight is 256 g/mol. The molecule has 1 fully saturated rings. The van der Waals surface area contributed by atoms with Gasteiger partial charge in [0.05, 0.1) is 18.7 Å². The van der Waals surface area contributed by atoms with Gasteiger partial charge in [0.1, 0.15) is 0 Å². The van der Waals surface area contributed by atoms with Gasteiger partial charge >= 0.3 is 5.97 Å². The van der Waals surface area contributed by atoms with Crippen molar-refractivity contribution in [2.45, 2.75) is 25.2 Å². The molecule has 1 aromatic carbocycles. The van der Waals surface area contributed by atoms with Crippen molar-refractivity contribution < 1.29 is 9.53 Å². The highest BCUT2D eigenvalue weighted by molar-refractivity contribution is 5.90. The van der Waals surface area contributed by atoms with E-state index in [1.165, 1.54) is 7.11 Å². The molecule has 0 saturated heterocycles. The molecule has 0 amide bonds. The number of hydrogen-bond acceptors (Lipinski definition) is 3. The highest BCUT2D eigenvalue weighted by atomic mass is 16.5. The fourth-order valence-electron chi connectivity index (χ4n) is 2.66. The summed E-state index contributed by atoms with van der Waals surface area (Å²) in [5, 5.41) is 7.01. The zero-order valence-corrected chi connectivity index (χ0v) is 11.1. The number of aromatic nitrogens is 2. The lowest BCUT2D eigenvalue weighted by Crippen LogP contribution is -2.22. The lowest BCUT2D eigenvalue weighted by molar-refractivity contribution is -0.143. The topological polar surface area (TPSA) is 55.0 Å². The second-order valence-corrected chi connectivity index (χ2v) is 5.03. The number of nitrogens with one attached hydrogen (secondary N) is 1. The summed E-state index contributed by atoms with van der Waals surface area (Å²) in [6.45, 7) is 1.98. The Balaban J connectivity index is 2.14. The first-order valence-corrected chi connectivity index (χ1v) is 6.37. The zero-order valence-electron chi connectivity index (χ0n) is 11.1. The molecule has 1 heterocycles. The molecule has 1 aromatic heterocycles. The van der Waals surface area contributed by atoms with Crippen molar-refractivity contribution in [3.8, 4) is 11.1 Å². The van der Waals surface area contributed by atoms with Gasteiger partial charge in [0, 0.05) is 11.3 Å². The number of aromatic amines is 1. The molecule has 1 saturated carbocycles. The summed E-state index contributed by atoms with van der Waals surface area (Å²) >= 11 is 0. The van der Waals surface area contributed by atoms with Crippen molar-refractivity contribution in [2.24, 2.45) is 0 Å². The summed E-state index contributed by atoms with van der Waals surface area (Å²) in [6.07, 6.45) is 3.52. The minimum atomic E-state index is -0.449. The maximum absolute atomic E-state index is 12.1. The number of esters is 1. The van der Waals surface area contributed by atoms with E-state index in [9.17, 15) is 4.79 Å². The highest BCUT2D eigenvalue weighted by Gasteiger charge is 2.53. The summed E-state index contributed by atoms with van der Waals surface area (Å²) in [5.74, 6) is -0.138. The number of nitrogens with zero attached hydrogens (tertiary/aromatic N) is 1. The SMILES string of the molecule is COC(=O)C1(c2ccccc2-c2cn[nH]c2C)CC1. The van der Waals surface area contributed by atoms with Gasteiger partial charge in [-0.05, 0) is 30.9 Å². The molecule has 0 bridgehead atoms. The predicted octanol–water partition coefficient (Wildman–Crippen LogP) is 2.59. The molecule has 19 heavy (non-hydrogen) atoms. The van der Waals surface area contributed by atoms with Crippen LogP contribution in [0.2, 0.25) is 0 Å². The van der Waals surface area contributed by atoms with Gasteiger partial charge < -0.3 is 4.74 Å². The van der Waals surface area contributed by atoms with Gasteiger partial charge in [0.2, 0.25) is 0 Å². The number of carbonyl (C=O) groups is 1. The number of rotatable bonds is 3. The number of aryl methyl sites for hydroxylation is 1. The maximum atomic E-state index is 12.1. The first-order valence-electron chi connectivity index (χ1n) is 6.37. The Morgan fingerprint density at radius 1 is 1.32 bits per heavy atom. The Morgan fingerprint density at radius 3 is 2.63 bits per heavy atom. The number of H-pyrrole nitrogens is 1. The Kier molecular flexibility index (Phi) is 2.66. The quantitative estimate of drug-likeness (QED) is 0.859. The van der Waals surface area contributed by atoms with Gasteiger partial charge in [-0.15, -0.1) is 0 Å². The molecule has 3 rings (SSSR count). The maximum Gasteiger partial charge on any atom is 0.316 e. The summed E-state index contributed by atoms with van der Waals surface area (Å²) in [6, 6.07) is 8.01. The van der Waals surface area contributed by atoms with Gasteiger partial charge in [-0.25, -0.2) is 0 Å².